The molecule has 5 heteroatoms. The monoisotopic (exact) mass is 278 g/mol. The summed E-state index contributed by atoms with van der Waals surface area (Å²) in [4.78, 5) is 1.26. The van der Waals surface area contributed by atoms with Crippen LogP contribution in [0.5, 0.6) is 11.5 Å². The number of nitrogens with one attached hydrogen (secondary N) is 1. The van der Waals surface area contributed by atoms with Gasteiger partial charge in [-0.15, -0.1) is 11.3 Å². The van der Waals surface area contributed by atoms with Crippen LogP contribution >= 0.6 is 11.3 Å². The van der Waals surface area contributed by atoms with Crippen molar-refractivity contribution in [2.24, 2.45) is 0 Å². The Morgan fingerprint density at radius 2 is 1.89 bits per heavy atom. The number of thiophene rings is 1. The first kappa shape index (κ1) is 13.5. The van der Waals surface area contributed by atoms with E-state index in [0.29, 0.717) is 17.2 Å². The summed E-state index contributed by atoms with van der Waals surface area (Å²) >= 11 is 1.71. The third-order valence-corrected chi connectivity index (χ3v) is 3.95. The molecule has 0 saturated heterocycles. The number of benzene rings is 1. The number of methoxy groups -OCH3 is 2. The number of hydrogen-bond donors (Lipinski definition) is 2. The summed E-state index contributed by atoms with van der Waals surface area (Å²) in [5.41, 5.74) is 7.51. The lowest BCUT2D eigenvalue weighted by atomic mass is 10.2. The zero-order valence-electron chi connectivity index (χ0n) is 11.3. The summed E-state index contributed by atoms with van der Waals surface area (Å²) < 4.78 is 10.5. The van der Waals surface area contributed by atoms with Gasteiger partial charge in [-0.05, 0) is 18.4 Å². The molecule has 0 aliphatic carbocycles. The van der Waals surface area contributed by atoms with Crippen LogP contribution in [0.15, 0.2) is 29.6 Å². The van der Waals surface area contributed by atoms with Gasteiger partial charge < -0.3 is 20.5 Å². The van der Waals surface area contributed by atoms with E-state index in [0.717, 1.165) is 5.69 Å². The normalized spacial score (nSPS) is 11.9. The summed E-state index contributed by atoms with van der Waals surface area (Å²) in [6, 6.07) is 7.95. The molecule has 4 nitrogen and oxygen atoms in total. The standard InChI is InChI=1S/C14H18N2O2S/c1-9(14-5-4-6-19-14)16-11-8-13(18-3)12(17-2)7-10(11)15/h4-9,16H,15H2,1-3H3. The molecule has 0 amide bonds. The Morgan fingerprint density at radius 1 is 1.21 bits per heavy atom. The van der Waals surface area contributed by atoms with Gasteiger partial charge in [-0.2, -0.15) is 0 Å². The summed E-state index contributed by atoms with van der Waals surface area (Å²) in [6.45, 7) is 2.10. The molecule has 3 N–H and O–H groups in total. The Hall–Kier alpha value is -1.88. The topological polar surface area (TPSA) is 56.5 Å². The van der Waals surface area contributed by atoms with Gasteiger partial charge in [-0.25, -0.2) is 0 Å². The minimum absolute atomic E-state index is 0.195. The fraction of sp³-hybridized carbons (Fsp3) is 0.286. The van der Waals surface area contributed by atoms with Gasteiger partial charge in [-0.3, -0.25) is 0 Å². The molecular formula is C14H18N2O2S. The maximum Gasteiger partial charge on any atom is 0.162 e. The van der Waals surface area contributed by atoms with Crippen LogP contribution in [0.4, 0.5) is 11.4 Å². The Labute approximate surface area is 117 Å². The highest BCUT2D eigenvalue weighted by Crippen LogP contribution is 2.36. The molecule has 0 saturated carbocycles. The lowest BCUT2D eigenvalue weighted by Gasteiger charge is -2.18. The second-order valence-electron chi connectivity index (χ2n) is 4.18. The molecule has 0 fully saturated rings. The van der Waals surface area contributed by atoms with Crippen LogP contribution in [-0.4, -0.2) is 14.2 Å². The first-order valence-electron chi connectivity index (χ1n) is 5.97. The molecule has 0 aliphatic rings. The van der Waals surface area contributed by atoms with E-state index in [9.17, 15) is 0 Å². The van der Waals surface area contributed by atoms with E-state index in [1.165, 1.54) is 4.88 Å². The molecule has 102 valence electrons. The highest BCUT2D eigenvalue weighted by atomic mass is 32.1. The Balaban J connectivity index is 2.25. The summed E-state index contributed by atoms with van der Waals surface area (Å²) in [7, 11) is 3.21. The third kappa shape index (κ3) is 2.93. The van der Waals surface area contributed by atoms with Crippen LogP contribution < -0.4 is 20.5 Å². The molecule has 2 rings (SSSR count). The second kappa shape index (κ2) is 5.84. The van der Waals surface area contributed by atoms with Crippen LogP contribution in [0.3, 0.4) is 0 Å². The molecule has 1 heterocycles. The molecule has 0 spiro atoms. The van der Waals surface area contributed by atoms with Crippen LogP contribution in [-0.2, 0) is 0 Å². The van der Waals surface area contributed by atoms with Gasteiger partial charge in [0.15, 0.2) is 11.5 Å². The maximum atomic E-state index is 6.03. The van der Waals surface area contributed by atoms with Crippen molar-refractivity contribution in [3.63, 3.8) is 0 Å². The number of rotatable bonds is 5. The van der Waals surface area contributed by atoms with Gasteiger partial charge >= 0.3 is 0 Å². The minimum Gasteiger partial charge on any atom is -0.493 e. The fourth-order valence-corrected chi connectivity index (χ4v) is 2.60. The number of nitrogens with two attached hydrogens (primary N) is 1. The Morgan fingerprint density at radius 3 is 2.47 bits per heavy atom. The van der Waals surface area contributed by atoms with Gasteiger partial charge in [-0.1, -0.05) is 6.07 Å². The van der Waals surface area contributed by atoms with Crippen molar-refractivity contribution < 1.29 is 9.47 Å². The highest BCUT2D eigenvalue weighted by Gasteiger charge is 2.12. The van der Waals surface area contributed by atoms with Crippen molar-refractivity contribution in [1.29, 1.82) is 0 Å². The number of anilines is 2. The molecule has 1 aromatic carbocycles. The van der Waals surface area contributed by atoms with E-state index < -0.39 is 0 Å². The summed E-state index contributed by atoms with van der Waals surface area (Å²) in [5, 5.41) is 5.45. The van der Waals surface area contributed by atoms with Gasteiger partial charge in [0.05, 0.1) is 31.6 Å². The molecule has 19 heavy (non-hydrogen) atoms. The molecular weight excluding hydrogens is 260 g/mol. The average molecular weight is 278 g/mol. The number of hydrogen-bond acceptors (Lipinski definition) is 5. The summed E-state index contributed by atoms with van der Waals surface area (Å²) in [6.07, 6.45) is 0. The SMILES string of the molecule is COc1cc(N)c(NC(C)c2cccs2)cc1OC. The largest absolute Gasteiger partial charge is 0.493 e. The van der Waals surface area contributed by atoms with Gasteiger partial charge in [0, 0.05) is 17.0 Å². The van der Waals surface area contributed by atoms with Crippen LogP contribution in [0, 0.1) is 0 Å². The Kier molecular flexibility index (Phi) is 4.16. The van der Waals surface area contributed by atoms with Gasteiger partial charge in [0.25, 0.3) is 0 Å². The predicted octanol–water partition coefficient (Wildman–Crippen LogP) is 3.52. The van der Waals surface area contributed by atoms with Crippen molar-refractivity contribution in [3.8, 4) is 11.5 Å². The van der Waals surface area contributed by atoms with Crippen LogP contribution in [0.25, 0.3) is 0 Å². The van der Waals surface area contributed by atoms with Crippen molar-refractivity contribution in [2.75, 3.05) is 25.3 Å². The molecule has 1 aromatic heterocycles. The Bertz CT molecular complexity index is 541. The van der Waals surface area contributed by atoms with E-state index in [4.69, 9.17) is 15.2 Å². The molecule has 2 aromatic rings. The second-order valence-corrected chi connectivity index (χ2v) is 5.16. The first-order chi connectivity index (χ1) is 9.15. The van der Waals surface area contributed by atoms with Crippen molar-refractivity contribution in [1.82, 2.24) is 0 Å². The molecule has 0 aliphatic heterocycles. The smallest absolute Gasteiger partial charge is 0.162 e. The first-order valence-corrected chi connectivity index (χ1v) is 6.85. The molecule has 0 bridgehead atoms. The van der Waals surface area contributed by atoms with E-state index in [1.54, 1.807) is 31.6 Å². The molecule has 1 atom stereocenters. The maximum absolute atomic E-state index is 6.03. The van der Waals surface area contributed by atoms with E-state index >= 15 is 0 Å². The van der Waals surface area contributed by atoms with E-state index in [-0.39, 0.29) is 6.04 Å². The lowest BCUT2D eigenvalue weighted by Crippen LogP contribution is -2.07. The predicted molar refractivity (Wildman–Crippen MR) is 80.3 cm³/mol. The van der Waals surface area contributed by atoms with Gasteiger partial charge in [0.1, 0.15) is 0 Å². The fourth-order valence-electron chi connectivity index (χ4n) is 1.86. The number of ether oxygens (including phenoxy) is 2. The molecule has 1 unspecified atom stereocenters. The van der Waals surface area contributed by atoms with Crippen molar-refractivity contribution >= 4 is 22.7 Å². The highest BCUT2D eigenvalue weighted by molar-refractivity contribution is 7.10. The molecule has 0 radical (unpaired) electrons. The average Bonchev–Trinajstić information content (AvgIpc) is 2.94. The van der Waals surface area contributed by atoms with Crippen LogP contribution in [0.2, 0.25) is 0 Å². The zero-order valence-corrected chi connectivity index (χ0v) is 12.1. The van der Waals surface area contributed by atoms with E-state index in [1.807, 2.05) is 12.1 Å². The van der Waals surface area contributed by atoms with Gasteiger partial charge in [0.2, 0.25) is 0 Å². The summed E-state index contributed by atoms with van der Waals surface area (Å²) in [5.74, 6) is 1.30. The van der Waals surface area contributed by atoms with E-state index in [2.05, 4.69) is 23.7 Å². The number of nitrogen functional groups attached to an aromatic ring is 1. The third-order valence-electron chi connectivity index (χ3n) is 2.90. The zero-order chi connectivity index (χ0) is 13.8. The van der Waals surface area contributed by atoms with Crippen molar-refractivity contribution in [3.05, 3.63) is 34.5 Å². The lowest BCUT2D eigenvalue weighted by molar-refractivity contribution is 0.355. The van der Waals surface area contributed by atoms with Crippen molar-refractivity contribution in [2.45, 2.75) is 13.0 Å². The van der Waals surface area contributed by atoms with Crippen LogP contribution in [0.1, 0.15) is 17.8 Å². The minimum atomic E-state index is 0.195. The quantitative estimate of drug-likeness (QED) is 0.822.